The van der Waals surface area contributed by atoms with E-state index in [1.807, 2.05) is 22.8 Å². The number of para-hydroxylation sites is 1. The first-order valence-electron chi connectivity index (χ1n) is 9.70. The molecule has 0 aliphatic carbocycles. The number of likely N-dealkylation sites (tertiary alicyclic amines) is 1. The predicted molar refractivity (Wildman–Crippen MR) is 99.1 cm³/mol. The standard InChI is InChI=1S/C21H26N2O3/c1-3-18(25)21(16-9-11-22(12-10-16)14(2)24)13-23-19(26)8-7-15-5-4-6-17(21)20(15)23/h4-6,16H,3,7-13H2,1-2H3. The Morgan fingerprint density at radius 3 is 2.58 bits per heavy atom. The van der Waals surface area contributed by atoms with Gasteiger partial charge in [0.1, 0.15) is 5.78 Å². The predicted octanol–water partition coefficient (Wildman–Crippen LogP) is 2.45. The molecular formula is C21H26N2O3. The van der Waals surface area contributed by atoms with Crippen LogP contribution < -0.4 is 4.90 Å². The second-order valence-electron chi connectivity index (χ2n) is 7.82. The zero-order valence-electron chi connectivity index (χ0n) is 15.6. The van der Waals surface area contributed by atoms with E-state index in [1.54, 1.807) is 6.92 Å². The van der Waals surface area contributed by atoms with Gasteiger partial charge in [-0.15, -0.1) is 0 Å². The van der Waals surface area contributed by atoms with Crippen molar-refractivity contribution in [2.45, 2.75) is 51.4 Å². The number of Topliss-reactive ketones (excluding diaryl/α,β-unsaturated/α-hetero) is 1. The second kappa shape index (κ2) is 6.22. The number of piperidine rings is 1. The van der Waals surface area contributed by atoms with Crippen molar-refractivity contribution in [3.63, 3.8) is 0 Å². The maximum absolute atomic E-state index is 13.3. The van der Waals surface area contributed by atoms with E-state index in [2.05, 4.69) is 12.1 Å². The van der Waals surface area contributed by atoms with E-state index in [-0.39, 0.29) is 23.5 Å². The van der Waals surface area contributed by atoms with Crippen molar-refractivity contribution in [3.05, 3.63) is 29.3 Å². The minimum absolute atomic E-state index is 0.100. The van der Waals surface area contributed by atoms with Crippen LogP contribution in [0.2, 0.25) is 0 Å². The van der Waals surface area contributed by atoms with Crippen molar-refractivity contribution in [1.29, 1.82) is 0 Å². The van der Waals surface area contributed by atoms with Crippen molar-refractivity contribution in [3.8, 4) is 0 Å². The highest BCUT2D eigenvalue weighted by molar-refractivity contribution is 6.05. The van der Waals surface area contributed by atoms with Gasteiger partial charge >= 0.3 is 0 Å². The molecule has 5 heteroatoms. The summed E-state index contributed by atoms with van der Waals surface area (Å²) in [6.07, 6.45) is 3.39. The normalized spacial score (nSPS) is 25.4. The maximum Gasteiger partial charge on any atom is 0.227 e. The Morgan fingerprint density at radius 2 is 1.92 bits per heavy atom. The van der Waals surface area contributed by atoms with Gasteiger partial charge in [0.25, 0.3) is 0 Å². The Kier molecular flexibility index (Phi) is 4.13. The quantitative estimate of drug-likeness (QED) is 0.838. The first-order valence-corrected chi connectivity index (χ1v) is 9.70. The molecule has 1 aromatic carbocycles. The summed E-state index contributed by atoms with van der Waals surface area (Å²) in [4.78, 5) is 41.3. The number of carbonyl (C=O) groups is 3. The van der Waals surface area contributed by atoms with Crippen molar-refractivity contribution in [1.82, 2.24) is 4.90 Å². The molecule has 1 atom stereocenters. The van der Waals surface area contributed by atoms with Gasteiger partial charge in [-0.3, -0.25) is 14.4 Å². The van der Waals surface area contributed by atoms with E-state index in [0.717, 1.165) is 30.5 Å². The number of rotatable bonds is 3. The van der Waals surface area contributed by atoms with Crippen LogP contribution in [-0.4, -0.2) is 42.1 Å². The average molecular weight is 354 g/mol. The fraction of sp³-hybridized carbons (Fsp3) is 0.571. The molecule has 1 unspecified atom stereocenters. The molecular weight excluding hydrogens is 328 g/mol. The lowest BCUT2D eigenvalue weighted by Gasteiger charge is -2.42. The molecule has 0 radical (unpaired) electrons. The molecule has 0 spiro atoms. The van der Waals surface area contributed by atoms with Crippen LogP contribution in [0, 0.1) is 5.92 Å². The molecule has 3 aliphatic heterocycles. The zero-order chi connectivity index (χ0) is 18.5. The Labute approximate surface area is 154 Å². The summed E-state index contributed by atoms with van der Waals surface area (Å²) in [5, 5.41) is 0. The van der Waals surface area contributed by atoms with Gasteiger partial charge in [0.2, 0.25) is 11.8 Å². The summed E-state index contributed by atoms with van der Waals surface area (Å²) in [6.45, 7) is 5.40. The monoisotopic (exact) mass is 354 g/mol. The highest BCUT2D eigenvalue weighted by Gasteiger charge is 2.55. The van der Waals surface area contributed by atoms with Crippen molar-refractivity contribution in [2.24, 2.45) is 5.92 Å². The van der Waals surface area contributed by atoms with Gasteiger partial charge in [0.05, 0.1) is 11.1 Å². The second-order valence-corrected chi connectivity index (χ2v) is 7.82. The highest BCUT2D eigenvalue weighted by atomic mass is 16.2. The molecule has 1 aromatic rings. The minimum Gasteiger partial charge on any atom is -0.343 e. The zero-order valence-corrected chi connectivity index (χ0v) is 15.6. The molecule has 0 aromatic heterocycles. The minimum atomic E-state index is -0.608. The van der Waals surface area contributed by atoms with E-state index in [9.17, 15) is 14.4 Å². The third kappa shape index (κ3) is 2.32. The number of benzene rings is 1. The SMILES string of the molecule is CCC(=O)C1(C2CCN(C(C)=O)CC2)CN2C(=O)CCc3cccc1c32. The molecule has 3 aliphatic rings. The molecule has 0 saturated carbocycles. The van der Waals surface area contributed by atoms with Crippen molar-refractivity contribution < 1.29 is 14.4 Å². The summed E-state index contributed by atoms with van der Waals surface area (Å²) < 4.78 is 0. The number of ketones is 1. The van der Waals surface area contributed by atoms with Gasteiger partial charge in [0, 0.05) is 39.4 Å². The molecule has 3 heterocycles. The largest absolute Gasteiger partial charge is 0.343 e. The molecule has 2 amide bonds. The van der Waals surface area contributed by atoms with Gasteiger partial charge in [-0.05, 0) is 36.3 Å². The molecule has 0 bridgehead atoms. The number of anilines is 1. The summed E-state index contributed by atoms with van der Waals surface area (Å²) in [5.74, 6) is 0.643. The smallest absolute Gasteiger partial charge is 0.227 e. The lowest BCUT2D eigenvalue weighted by atomic mass is 9.64. The van der Waals surface area contributed by atoms with Crippen LogP contribution in [0.1, 0.15) is 50.7 Å². The van der Waals surface area contributed by atoms with Crippen LogP contribution in [0.3, 0.4) is 0 Å². The van der Waals surface area contributed by atoms with Crippen LogP contribution in [0.15, 0.2) is 18.2 Å². The van der Waals surface area contributed by atoms with Gasteiger partial charge in [-0.1, -0.05) is 25.1 Å². The number of amides is 2. The van der Waals surface area contributed by atoms with Crippen molar-refractivity contribution in [2.75, 3.05) is 24.5 Å². The van der Waals surface area contributed by atoms with Crippen molar-refractivity contribution >= 4 is 23.3 Å². The first-order chi connectivity index (χ1) is 12.5. The third-order valence-electron chi connectivity index (χ3n) is 6.64. The van der Waals surface area contributed by atoms with Gasteiger partial charge in [-0.2, -0.15) is 0 Å². The fourth-order valence-corrected chi connectivity index (χ4v) is 5.29. The molecule has 5 nitrogen and oxygen atoms in total. The summed E-state index contributed by atoms with van der Waals surface area (Å²) in [7, 11) is 0. The van der Waals surface area contributed by atoms with E-state index in [1.165, 1.54) is 5.56 Å². The van der Waals surface area contributed by atoms with E-state index in [4.69, 9.17) is 0 Å². The van der Waals surface area contributed by atoms with Crippen LogP contribution in [0.25, 0.3) is 0 Å². The Bertz CT molecular complexity index is 779. The lowest BCUT2D eigenvalue weighted by Crippen LogP contribution is -2.51. The molecule has 0 N–H and O–H groups in total. The number of carbonyl (C=O) groups excluding carboxylic acids is 3. The molecule has 4 rings (SSSR count). The number of hydrogen-bond donors (Lipinski definition) is 0. The number of hydrogen-bond acceptors (Lipinski definition) is 3. The maximum atomic E-state index is 13.3. The summed E-state index contributed by atoms with van der Waals surface area (Å²) in [5.41, 5.74) is 2.63. The molecule has 26 heavy (non-hydrogen) atoms. The third-order valence-corrected chi connectivity index (χ3v) is 6.64. The molecule has 1 fully saturated rings. The number of nitrogens with zero attached hydrogens (tertiary/aromatic N) is 2. The Balaban J connectivity index is 1.78. The van der Waals surface area contributed by atoms with E-state index < -0.39 is 5.41 Å². The topological polar surface area (TPSA) is 57.7 Å². The van der Waals surface area contributed by atoms with Gasteiger partial charge in [0.15, 0.2) is 0 Å². The van der Waals surface area contributed by atoms with E-state index in [0.29, 0.717) is 32.5 Å². The van der Waals surface area contributed by atoms with Crippen LogP contribution >= 0.6 is 0 Å². The van der Waals surface area contributed by atoms with Gasteiger partial charge in [-0.25, -0.2) is 0 Å². The Hall–Kier alpha value is -2.17. The summed E-state index contributed by atoms with van der Waals surface area (Å²) in [6, 6.07) is 6.18. The molecule has 138 valence electrons. The summed E-state index contributed by atoms with van der Waals surface area (Å²) >= 11 is 0. The van der Waals surface area contributed by atoms with Crippen LogP contribution in [0.5, 0.6) is 0 Å². The fourth-order valence-electron chi connectivity index (χ4n) is 5.29. The first kappa shape index (κ1) is 17.3. The van der Waals surface area contributed by atoms with E-state index >= 15 is 0 Å². The molecule has 1 saturated heterocycles. The van der Waals surface area contributed by atoms with Crippen LogP contribution in [-0.2, 0) is 26.2 Å². The highest BCUT2D eigenvalue weighted by Crippen LogP contribution is 2.52. The van der Waals surface area contributed by atoms with Crippen LogP contribution in [0.4, 0.5) is 5.69 Å². The van der Waals surface area contributed by atoms with Gasteiger partial charge < -0.3 is 9.80 Å². The lowest BCUT2D eigenvalue weighted by molar-refractivity contribution is -0.131. The average Bonchev–Trinajstić information content (AvgIpc) is 3.02. The Morgan fingerprint density at radius 1 is 1.19 bits per heavy atom. The number of aryl methyl sites for hydroxylation is 1.